The van der Waals surface area contributed by atoms with E-state index in [-0.39, 0.29) is 52.9 Å². The Hall–Kier alpha value is -4.13. The maximum atomic E-state index is 13.3. The number of carboxylic acid groups (broad SMARTS) is 1. The molecule has 12 nitrogen and oxygen atoms in total. The highest BCUT2D eigenvalue weighted by Gasteiger charge is 2.31. The van der Waals surface area contributed by atoms with Crippen LogP contribution in [0.4, 0.5) is 0 Å². The number of nitrogens with one attached hydrogen (secondary N) is 3. The lowest BCUT2D eigenvalue weighted by Crippen LogP contribution is -2.51. The molecule has 226 valence electrons. The molecular formula is C29H31Cl2N7O5. The normalized spacial score (nSPS) is 17.5. The minimum atomic E-state index is -1.38. The molecule has 2 atom stereocenters. The first-order chi connectivity index (χ1) is 20.5. The summed E-state index contributed by atoms with van der Waals surface area (Å²) in [6.45, 7) is 2.63. The third-order valence-corrected chi connectivity index (χ3v) is 8.19. The monoisotopic (exact) mass is 627 g/mol. The van der Waals surface area contributed by atoms with Gasteiger partial charge in [0.1, 0.15) is 11.9 Å². The minimum absolute atomic E-state index is 0.00484. The summed E-state index contributed by atoms with van der Waals surface area (Å²) in [5.41, 5.74) is 2.81. The number of pyridine rings is 1. The van der Waals surface area contributed by atoms with E-state index in [4.69, 9.17) is 28.6 Å². The molecule has 43 heavy (non-hydrogen) atoms. The van der Waals surface area contributed by atoms with Crippen molar-refractivity contribution in [2.75, 3.05) is 26.2 Å². The number of carbonyl (C=O) groups is 3. The average Bonchev–Trinajstić information content (AvgIpc) is 3.59. The molecule has 2 aliphatic rings. The molecule has 0 unspecified atom stereocenters. The van der Waals surface area contributed by atoms with Gasteiger partial charge in [-0.1, -0.05) is 29.3 Å². The molecule has 2 amide bonds. The maximum Gasteiger partial charge on any atom is 0.328 e. The Balaban J connectivity index is 1.29. The zero-order valence-corrected chi connectivity index (χ0v) is 24.8. The van der Waals surface area contributed by atoms with Gasteiger partial charge in [-0.05, 0) is 55.2 Å². The number of aliphatic hydroxyl groups is 1. The number of guanidine groups is 1. The van der Waals surface area contributed by atoms with Crippen LogP contribution in [0.5, 0.6) is 0 Å². The molecule has 0 bridgehead atoms. The predicted molar refractivity (Wildman–Crippen MR) is 162 cm³/mol. The van der Waals surface area contributed by atoms with Gasteiger partial charge in [-0.3, -0.25) is 15.0 Å². The fourth-order valence-electron chi connectivity index (χ4n) is 5.33. The Bertz CT molecular complexity index is 1610. The number of amides is 2. The lowest BCUT2D eigenvalue weighted by atomic mass is 9.96. The fraction of sp³-hybridized carbons (Fsp3) is 0.345. The number of carboxylic acids is 1. The molecule has 14 heteroatoms. The molecule has 5 N–H and O–H groups in total. The van der Waals surface area contributed by atoms with E-state index in [2.05, 4.69) is 15.6 Å². The molecule has 2 aromatic heterocycles. The van der Waals surface area contributed by atoms with Crippen LogP contribution in [0.25, 0.3) is 5.52 Å². The smallest absolute Gasteiger partial charge is 0.328 e. The van der Waals surface area contributed by atoms with Gasteiger partial charge in [0, 0.05) is 50.6 Å². The number of benzene rings is 1. The number of β-amino-alcohol motifs (C(OH)–C–C–N with tert-alkyl or cyclic N) is 1. The van der Waals surface area contributed by atoms with Crippen LogP contribution in [0.1, 0.15) is 45.2 Å². The number of aliphatic imine (C=N–C) groups is 1. The number of amidine groups is 1. The molecule has 0 radical (unpaired) electrons. The van der Waals surface area contributed by atoms with E-state index >= 15 is 0 Å². The molecular weight excluding hydrogens is 597 g/mol. The Morgan fingerprint density at radius 1 is 1.19 bits per heavy atom. The van der Waals surface area contributed by atoms with E-state index in [0.29, 0.717) is 42.6 Å². The Morgan fingerprint density at radius 3 is 2.65 bits per heavy atom. The van der Waals surface area contributed by atoms with Crippen molar-refractivity contribution in [1.82, 2.24) is 24.8 Å². The van der Waals surface area contributed by atoms with Gasteiger partial charge in [0.05, 0.1) is 27.3 Å². The number of likely N-dealkylation sites (tertiary alicyclic amines) is 1. The number of aliphatic hydroxyl groups excluding tert-OH is 1. The second-order valence-corrected chi connectivity index (χ2v) is 11.4. The summed E-state index contributed by atoms with van der Waals surface area (Å²) >= 11 is 13.2. The minimum Gasteiger partial charge on any atom is -0.480 e. The van der Waals surface area contributed by atoms with Gasteiger partial charge in [0.2, 0.25) is 5.96 Å². The third-order valence-electron chi connectivity index (χ3n) is 7.47. The maximum absolute atomic E-state index is 13.3. The number of rotatable bonds is 6. The van der Waals surface area contributed by atoms with E-state index in [0.717, 1.165) is 5.52 Å². The fourth-order valence-corrected chi connectivity index (χ4v) is 6.09. The van der Waals surface area contributed by atoms with E-state index in [9.17, 15) is 24.6 Å². The zero-order valence-electron chi connectivity index (χ0n) is 23.3. The SMILES string of the molecule is CC(=N)/N=C(\NC[C@H](NC(=O)c1c(Cl)cc2c(c1Cl)CCN(C(=O)c1cc3ccccn3c1)C2)C(=O)O)N1CC[C@H](O)C1. The summed E-state index contributed by atoms with van der Waals surface area (Å²) < 4.78 is 1.88. The van der Waals surface area contributed by atoms with Crippen molar-refractivity contribution in [3.8, 4) is 0 Å². The Kier molecular flexibility index (Phi) is 8.90. The first kappa shape index (κ1) is 30.3. The quantitative estimate of drug-likeness (QED) is 0.207. The first-order valence-electron chi connectivity index (χ1n) is 13.7. The van der Waals surface area contributed by atoms with Crippen LogP contribution in [0.15, 0.2) is 47.7 Å². The second-order valence-electron chi connectivity index (χ2n) is 10.6. The predicted octanol–water partition coefficient (Wildman–Crippen LogP) is 2.64. The number of carbonyl (C=O) groups excluding carboxylic acids is 2. The number of aliphatic carboxylic acids is 1. The van der Waals surface area contributed by atoms with Crippen molar-refractivity contribution in [3.63, 3.8) is 0 Å². The van der Waals surface area contributed by atoms with Gasteiger partial charge in [0.15, 0.2) is 0 Å². The highest BCUT2D eigenvalue weighted by Crippen LogP contribution is 2.35. The highest BCUT2D eigenvalue weighted by atomic mass is 35.5. The molecule has 3 aromatic rings. The van der Waals surface area contributed by atoms with Gasteiger partial charge >= 0.3 is 5.97 Å². The van der Waals surface area contributed by atoms with E-state index < -0.39 is 24.0 Å². The van der Waals surface area contributed by atoms with Crippen LogP contribution >= 0.6 is 23.2 Å². The average molecular weight is 629 g/mol. The van der Waals surface area contributed by atoms with Gasteiger partial charge < -0.3 is 35.0 Å². The third kappa shape index (κ3) is 6.61. The van der Waals surface area contributed by atoms with E-state index in [1.165, 1.54) is 6.92 Å². The van der Waals surface area contributed by atoms with Crippen molar-refractivity contribution in [1.29, 1.82) is 5.41 Å². The van der Waals surface area contributed by atoms with Gasteiger partial charge in [-0.2, -0.15) is 0 Å². The number of hydrogen-bond acceptors (Lipinski definition) is 5. The lowest BCUT2D eigenvalue weighted by Gasteiger charge is -2.30. The van der Waals surface area contributed by atoms with Crippen molar-refractivity contribution in [2.45, 2.75) is 38.5 Å². The van der Waals surface area contributed by atoms with Crippen molar-refractivity contribution in [3.05, 3.63) is 75.0 Å². The Labute approximate surface area is 257 Å². The number of halogens is 2. The summed E-state index contributed by atoms with van der Waals surface area (Å²) in [4.78, 5) is 46.2. The Morgan fingerprint density at radius 2 is 1.98 bits per heavy atom. The van der Waals surface area contributed by atoms with Crippen LogP contribution in [-0.4, -0.2) is 92.3 Å². The standard InChI is InChI=1S/C29H31Cl2N7O5/c1-16(32)34-29(38-8-5-20(39)15-38)33-12-23(28(42)43)35-26(40)24-22(30)11-17-13-37(9-6-21(17)25(24)31)27(41)18-10-19-4-2-3-7-36(19)14-18/h2-4,7,10-11,14,20,23,39H,5-6,8-9,12-13,15H2,1H3,(H,35,40)(H,42,43)(H2,32,33,34)/t20-,23-/m0/s1. The summed E-state index contributed by atoms with van der Waals surface area (Å²) in [6, 6.07) is 7.74. The largest absolute Gasteiger partial charge is 0.480 e. The highest BCUT2D eigenvalue weighted by molar-refractivity contribution is 6.40. The molecule has 5 rings (SSSR count). The van der Waals surface area contributed by atoms with Crippen LogP contribution in [0, 0.1) is 5.41 Å². The van der Waals surface area contributed by atoms with Gasteiger partial charge in [-0.15, -0.1) is 0 Å². The number of fused-ring (bicyclic) bond motifs is 2. The summed E-state index contributed by atoms with van der Waals surface area (Å²) in [6.07, 6.45) is 4.00. The van der Waals surface area contributed by atoms with Crippen LogP contribution < -0.4 is 10.6 Å². The van der Waals surface area contributed by atoms with Crippen LogP contribution in [0.2, 0.25) is 10.0 Å². The molecule has 0 aliphatic carbocycles. The molecule has 2 aliphatic heterocycles. The summed E-state index contributed by atoms with van der Waals surface area (Å²) in [5.74, 6) is -1.96. The molecule has 1 aromatic carbocycles. The molecule has 4 heterocycles. The molecule has 0 saturated carbocycles. The second kappa shape index (κ2) is 12.6. The van der Waals surface area contributed by atoms with E-state index in [1.54, 1.807) is 22.1 Å². The van der Waals surface area contributed by atoms with Gasteiger partial charge in [-0.25, -0.2) is 9.79 Å². The molecule has 1 fully saturated rings. The summed E-state index contributed by atoms with van der Waals surface area (Å²) in [5, 5.41) is 32.9. The van der Waals surface area contributed by atoms with Crippen LogP contribution in [0.3, 0.4) is 0 Å². The number of nitrogens with zero attached hydrogens (tertiary/aromatic N) is 4. The van der Waals surface area contributed by atoms with Crippen molar-refractivity contribution in [2.24, 2.45) is 4.99 Å². The van der Waals surface area contributed by atoms with Crippen molar-refractivity contribution < 1.29 is 24.6 Å². The topological polar surface area (TPSA) is 163 Å². The molecule has 0 spiro atoms. The van der Waals surface area contributed by atoms with Crippen LogP contribution in [-0.2, 0) is 17.8 Å². The van der Waals surface area contributed by atoms with E-state index in [1.807, 2.05) is 34.9 Å². The number of aromatic nitrogens is 1. The molecule has 1 saturated heterocycles. The van der Waals surface area contributed by atoms with Crippen molar-refractivity contribution >= 4 is 58.3 Å². The number of hydrogen-bond donors (Lipinski definition) is 5. The van der Waals surface area contributed by atoms with Gasteiger partial charge in [0.25, 0.3) is 11.8 Å². The lowest BCUT2D eigenvalue weighted by molar-refractivity contribution is -0.139. The first-order valence-corrected chi connectivity index (χ1v) is 14.5. The summed E-state index contributed by atoms with van der Waals surface area (Å²) in [7, 11) is 0. The zero-order chi connectivity index (χ0) is 30.8.